The Morgan fingerprint density at radius 1 is 1.38 bits per heavy atom. The van der Waals surface area contributed by atoms with Gasteiger partial charge in [-0.15, -0.1) is 0 Å². The largest absolute Gasteiger partial charge is 0.493 e. The Hall–Kier alpha value is -0.810. The van der Waals surface area contributed by atoms with Gasteiger partial charge in [-0.05, 0) is 40.4 Å². The highest BCUT2D eigenvalue weighted by atomic mass is 79.9. The number of hydrogen-bond donors (Lipinski definition) is 1. The van der Waals surface area contributed by atoms with E-state index in [-0.39, 0.29) is 16.9 Å². The van der Waals surface area contributed by atoms with Crippen molar-refractivity contribution in [1.82, 2.24) is 0 Å². The molecule has 3 nitrogen and oxygen atoms in total. The van der Waals surface area contributed by atoms with Crippen molar-refractivity contribution in [2.24, 2.45) is 0 Å². The van der Waals surface area contributed by atoms with E-state index in [2.05, 4.69) is 15.9 Å². The van der Waals surface area contributed by atoms with Crippen LogP contribution in [0.25, 0.3) is 0 Å². The number of hydrogen-bond acceptors (Lipinski definition) is 3. The van der Waals surface area contributed by atoms with Crippen molar-refractivity contribution >= 4 is 15.9 Å². The van der Waals surface area contributed by atoms with Crippen molar-refractivity contribution in [3.8, 4) is 11.5 Å². The second kappa shape index (κ2) is 6.06. The summed E-state index contributed by atoms with van der Waals surface area (Å²) in [7, 11) is 2.95. The van der Waals surface area contributed by atoms with E-state index in [0.29, 0.717) is 29.9 Å². The van der Waals surface area contributed by atoms with Crippen LogP contribution in [0.2, 0.25) is 0 Å². The lowest BCUT2D eigenvalue weighted by molar-refractivity contribution is 0.287. The van der Waals surface area contributed by atoms with E-state index in [0.717, 1.165) is 0 Å². The van der Waals surface area contributed by atoms with Gasteiger partial charge in [0.2, 0.25) is 0 Å². The lowest BCUT2D eigenvalue weighted by atomic mass is 10.1. The topological polar surface area (TPSA) is 38.7 Å². The molecule has 1 N–H and O–H groups in total. The summed E-state index contributed by atoms with van der Waals surface area (Å²) in [5.74, 6) is 0.447. The molecule has 0 bridgehead atoms. The Balaban J connectivity index is 3.16. The third kappa shape index (κ3) is 2.65. The average molecular weight is 293 g/mol. The first-order valence-corrected chi connectivity index (χ1v) is 5.64. The summed E-state index contributed by atoms with van der Waals surface area (Å²) in [4.78, 5) is 0. The monoisotopic (exact) mass is 292 g/mol. The molecule has 0 saturated heterocycles. The Morgan fingerprint density at radius 3 is 2.56 bits per heavy atom. The highest BCUT2D eigenvalue weighted by molar-refractivity contribution is 9.10. The van der Waals surface area contributed by atoms with Crippen molar-refractivity contribution < 1.29 is 19.0 Å². The second-order valence-electron chi connectivity index (χ2n) is 3.23. The van der Waals surface area contributed by atoms with Gasteiger partial charge < -0.3 is 14.6 Å². The van der Waals surface area contributed by atoms with Crippen LogP contribution in [-0.4, -0.2) is 25.9 Å². The van der Waals surface area contributed by atoms with Crippen molar-refractivity contribution in [3.63, 3.8) is 0 Å². The molecule has 0 aliphatic rings. The molecule has 0 aliphatic heterocycles. The standard InChI is InChI=1S/C11H14BrFO3/c1-15-8-6-7(4-3-5-14)10(13)9(12)11(8)16-2/h6,14H,3-5H2,1-2H3. The first-order valence-electron chi connectivity index (χ1n) is 4.85. The lowest BCUT2D eigenvalue weighted by Crippen LogP contribution is -2.00. The molecule has 1 rings (SSSR count). The molecule has 0 aliphatic carbocycles. The van der Waals surface area contributed by atoms with E-state index >= 15 is 0 Å². The van der Waals surface area contributed by atoms with Gasteiger partial charge in [-0.25, -0.2) is 4.39 Å². The van der Waals surface area contributed by atoms with E-state index in [1.165, 1.54) is 14.2 Å². The van der Waals surface area contributed by atoms with E-state index in [1.54, 1.807) is 6.07 Å². The third-order valence-electron chi connectivity index (χ3n) is 2.23. The molecule has 5 heteroatoms. The fourth-order valence-corrected chi connectivity index (χ4v) is 2.04. The summed E-state index contributed by atoms with van der Waals surface area (Å²) < 4.78 is 24.2. The van der Waals surface area contributed by atoms with E-state index in [4.69, 9.17) is 14.6 Å². The Morgan fingerprint density at radius 2 is 2.06 bits per heavy atom. The van der Waals surface area contributed by atoms with Crippen molar-refractivity contribution in [1.29, 1.82) is 0 Å². The van der Waals surface area contributed by atoms with Crippen LogP contribution in [0.3, 0.4) is 0 Å². The van der Waals surface area contributed by atoms with E-state index < -0.39 is 0 Å². The Kier molecular flexibility index (Phi) is 5.02. The zero-order valence-electron chi connectivity index (χ0n) is 9.22. The van der Waals surface area contributed by atoms with Gasteiger partial charge in [0.05, 0.1) is 18.7 Å². The molecule has 1 aromatic carbocycles. The zero-order valence-corrected chi connectivity index (χ0v) is 10.8. The fraction of sp³-hybridized carbons (Fsp3) is 0.455. The van der Waals surface area contributed by atoms with Gasteiger partial charge >= 0.3 is 0 Å². The van der Waals surface area contributed by atoms with Gasteiger partial charge in [-0.2, -0.15) is 0 Å². The molecule has 0 atom stereocenters. The van der Waals surface area contributed by atoms with Crippen LogP contribution >= 0.6 is 15.9 Å². The summed E-state index contributed by atoms with van der Waals surface area (Å²) in [6.07, 6.45) is 0.972. The van der Waals surface area contributed by atoms with Crippen LogP contribution in [0.5, 0.6) is 11.5 Å². The molecule has 0 spiro atoms. The highest BCUT2D eigenvalue weighted by Gasteiger charge is 2.17. The van der Waals surface area contributed by atoms with E-state index in [9.17, 15) is 4.39 Å². The van der Waals surface area contributed by atoms with E-state index in [1.807, 2.05) is 0 Å². The van der Waals surface area contributed by atoms with Crippen molar-refractivity contribution in [2.45, 2.75) is 12.8 Å². The Labute approximate surface area is 102 Å². The summed E-state index contributed by atoms with van der Waals surface area (Å²) in [6.45, 7) is 0.0331. The maximum atomic E-state index is 13.8. The first kappa shape index (κ1) is 13.3. The first-order chi connectivity index (χ1) is 7.65. The van der Waals surface area contributed by atoms with Crippen LogP contribution in [0.4, 0.5) is 4.39 Å². The molecule has 0 amide bonds. The van der Waals surface area contributed by atoms with Gasteiger partial charge in [0, 0.05) is 6.61 Å². The minimum atomic E-state index is -0.369. The average Bonchev–Trinajstić information content (AvgIpc) is 2.30. The molecule has 0 heterocycles. The smallest absolute Gasteiger partial charge is 0.177 e. The normalized spacial score (nSPS) is 10.3. The third-order valence-corrected chi connectivity index (χ3v) is 2.94. The van der Waals surface area contributed by atoms with Crippen molar-refractivity contribution in [2.75, 3.05) is 20.8 Å². The van der Waals surface area contributed by atoms with Gasteiger partial charge in [-0.1, -0.05) is 0 Å². The minimum absolute atomic E-state index is 0.0331. The molecule has 0 radical (unpaired) electrons. The van der Waals surface area contributed by atoms with Crippen molar-refractivity contribution in [3.05, 3.63) is 21.9 Å². The minimum Gasteiger partial charge on any atom is -0.493 e. The molecule has 0 saturated carbocycles. The second-order valence-corrected chi connectivity index (χ2v) is 4.02. The van der Waals surface area contributed by atoms with Gasteiger partial charge in [-0.3, -0.25) is 0 Å². The Bertz CT molecular complexity index is 369. The summed E-state index contributed by atoms with van der Waals surface area (Å²) >= 11 is 3.13. The maximum absolute atomic E-state index is 13.8. The van der Waals surface area contributed by atoms with Crippen LogP contribution in [0.15, 0.2) is 10.5 Å². The molecule has 1 aromatic rings. The number of aryl methyl sites for hydroxylation is 1. The number of methoxy groups -OCH3 is 2. The van der Waals surface area contributed by atoms with Gasteiger partial charge in [0.25, 0.3) is 0 Å². The molecular weight excluding hydrogens is 279 g/mol. The molecule has 90 valence electrons. The van der Waals surface area contributed by atoms with Gasteiger partial charge in [0.15, 0.2) is 11.5 Å². The number of rotatable bonds is 5. The number of aliphatic hydroxyl groups excluding tert-OH is 1. The number of ether oxygens (including phenoxy) is 2. The van der Waals surface area contributed by atoms with Crippen LogP contribution < -0.4 is 9.47 Å². The quantitative estimate of drug-likeness (QED) is 0.906. The van der Waals surface area contributed by atoms with Crippen LogP contribution in [-0.2, 0) is 6.42 Å². The fourth-order valence-electron chi connectivity index (χ4n) is 1.43. The molecule has 0 unspecified atom stereocenters. The number of aliphatic hydroxyl groups is 1. The number of halogens is 2. The zero-order chi connectivity index (χ0) is 12.1. The van der Waals surface area contributed by atoms with Gasteiger partial charge in [0.1, 0.15) is 5.82 Å². The summed E-state index contributed by atoms with van der Waals surface area (Å²) in [5, 5.41) is 8.72. The summed E-state index contributed by atoms with van der Waals surface area (Å²) in [6, 6.07) is 1.59. The van der Waals surface area contributed by atoms with Crippen LogP contribution in [0.1, 0.15) is 12.0 Å². The molecular formula is C11H14BrFO3. The molecule has 16 heavy (non-hydrogen) atoms. The highest BCUT2D eigenvalue weighted by Crippen LogP contribution is 2.39. The number of benzene rings is 1. The predicted octanol–water partition coefficient (Wildman–Crippen LogP) is 2.53. The molecule has 0 fully saturated rings. The molecule has 0 aromatic heterocycles. The van der Waals surface area contributed by atoms with Crippen LogP contribution in [0, 0.1) is 5.82 Å². The maximum Gasteiger partial charge on any atom is 0.177 e. The summed E-state index contributed by atoms with van der Waals surface area (Å²) in [5.41, 5.74) is 0.499. The predicted molar refractivity (Wildman–Crippen MR) is 62.6 cm³/mol. The lowest BCUT2D eigenvalue weighted by Gasteiger charge is -2.13. The SMILES string of the molecule is COc1cc(CCCO)c(F)c(Br)c1OC.